The highest BCUT2D eigenvalue weighted by atomic mass is 16.5. The molecular weight excluding hydrogens is 294 g/mol. The van der Waals surface area contributed by atoms with E-state index in [4.69, 9.17) is 9.15 Å². The monoisotopic (exact) mass is 315 g/mol. The van der Waals surface area contributed by atoms with E-state index in [0.717, 1.165) is 36.9 Å². The van der Waals surface area contributed by atoms with Gasteiger partial charge in [-0.1, -0.05) is 25.1 Å². The molecule has 0 radical (unpaired) electrons. The average Bonchev–Trinajstić information content (AvgIpc) is 2.90. The zero-order valence-electron chi connectivity index (χ0n) is 13.5. The third-order valence-electron chi connectivity index (χ3n) is 4.37. The van der Waals surface area contributed by atoms with Crippen LogP contribution in [0.25, 0.3) is 11.0 Å². The highest BCUT2D eigenvalue weighted by Gasteiger charge is 2.24. The number of amides is 1. The molecule has 2 aromatic rings. The van der Waals surface area contributed by atoms with Gasteiger partial charge in [0.2, 0.25) is 5.76 Å². The highest BCUT2D eigenvalue weighted by Crippen LogP contribution is 2.25. The topological polar surface area (TPSA) is 59.8 Å². The highest BCUT2D eigenvalue weighted by molar-refractivity contribution is 5.96. The molecule has 122 valence electrons. The van der Waals surface area contributed by atoms with E-state index in [1.165, 1.54) is 0 Å². The van der Waals surface area contributed by atoms with Gasteiger partial charge in [-0.3, -0.25) is 4.79 Å². The number of likely N-dealkylation sites (tertiary alicyclic amines) is 1. The number of nitrogens with zero attached hydrogens (tertiary/aromatic N) is 1. The van der Waals surface area contributed by atoms with E-state index in [-0.39, 0.29) is 18.3 Å². The number of esters is 1. The molecule has 1 aromatic heterocycles. The summed E-state index contributed by atoms with van der Waals surface area (Å²) in [6.45, 7) is 5.19. The van der Waals surface area contributed by atoms with E-state index in [9.17, 15) is 9.59 Å². The Balaban J connectivity index is 1.64. The van der Waals surface area contributed by atoms with Gasteiger partial charge in [-0.15, -0.1) is 0 Å². The summed E-state index contributed by atoms with van der Waals surface area (Å²) in [7, 11) is 0. The van der Waals surface area contributed by atoms with E-state index < -0.39 is 5.97 Å². The summed E-state index contributed by atoms with van der Waals surface area (Å²) in [6.07, 6.45) is 2.14. The lowest BCUT2D eigenvalue weighted by atomic mass is 10.0. The Bertz CT molecular complexity index is 734. The van der Waals surface area contributed by atoms with Crippen LogP contribution >= 0.6 is 0 Å². The van der Waals surface area contributed by atoms with Crippen LogP contribution in [0, 0.1) is 12.8 Å². The van der Waals surface area contributed by atoms with Crippen molar-refractivity contribution in [1.82, 2.24) is 4.90 Å². The third kappa shape index (κ3) is 3.23. The van der Waals surface area contributed by atoms with E-state index in [1.807, 2.05) is 25.1 Å². The molecule has 0 aliphatic carbocycles. The molecule has 1 fully saturated rings. The predicted octanol–water partition coefficient (Wildman–Crippen LogP) is 3.16. The van der Waals surface area contributed by atoms with Gasteiger partial charge in [-0.2, -0.15) is 0 Å². The lowest BCUT2D eigenvalue weighted by Crippen LogP contribution is -2.41. The largest absolute Gasteiger partial charge is 0.450 e. The van der Waals surface area contributed by atoms with Crippen LogP contribution in [0.15, 0.2) is 28.7 Å². The first-order chi connectivity index (χ1) is 11.1. The molecule has 1 aliphatic rings. The SMILES string of the molecule is Cc1c(C(=O)OCC(=O)N2CCC[C@H](C)C2)oc2ccccc12. The smallest absolute Gasteiger partial charge is 0.375 e. The zero-order valence-corrected chi connectivity index (χ0v) is 13.5. The van der Waals surface area contributed by atoms with Gasteiger partial charge in [0.15, 0.2) is 6.61 Å². The van der Waals surface area contributed by atoms with Crippen LogP contribution in [-0.2, 0) is 9.53 Å². The van der Waals surface area contributed by atoms with Gasteiger partial charge in [0.25, 0.3) is 5.91 Å². The minimum absolute atomic E-state index is 0.140. The van der Waals surface area contributed by atoms with Crippen molar-refractivity contribution in [2.24, 2.45) is 5.92 Å². The maximum atomic E-state index is 12.2. The maximum Gasteiger partial charge on any atom is 0.375 e. The van der Waals surface area contributed by atoms with Crippen molar-refractivity contribution in [1.29, 1.82) is 0 Å². The second kappa shape index (κ2) is 6.44. The van der Waals surface area contributed by atoms with Gasteiger partial charge in [-0.05, 0) is 31.7 Å². The molecule has 1 saturated heterocycles. The number of carbonyl (C=O) groups is 2. The van der Waals surface area contributed by atoms with Crippen molar-refractivity contribution >= 4 is 22.8 Å². The lowest BCUT2D eigenvalue weighted by molar-refractivity contribution is -0.136. The second-order valence-corrected chi connectivity index (χ2v) is 6.22. The Hall–Kier alpha value is -2.30. The Kier molecular flexibility index (Phi) is 4.37. The van der Waals surface area contributed by atoms with Crippen molar-refractivity contribution in [2.75, 3.05) is 19.7 Å². The first-order valence-electron chi connectivity index (χ1n) is 7.99. The molecule has 1 aliphatic heterocycles. The number of rotatable bonds is 3. The first kappa shape index (κ1) is 15.6. The summed E-state index contributed by atoms with van der Waals surface area (Å²) in [5.41, 5.74) is 1.39. The second-order valence-electron chi connectivity index (χ2n) is 6.22. The summed E-state index contributed by atoms with van der Waals surface area (Å²) < 4.78 is 10.7. The molecule has 0 N–H and O–H groups in total. The Morgan fingerprint density at radius 3 is 2.87 bits per heavy atom. The summed E-state index contributed by atoms with van der Waals surface area (Å²) in [5.74, 6) is -0.0530. The summed E-state index contributed by atoms with van der Waals surface area (Å²) in [4.78, 5) is 26.1. The molecule has 0 bridgehead atoms. The number of piperidine rings is 1. The van der Waals surface area contributed by atoms with E-state index in [0.29, 0.717) is 11.5 Å². The number of hydrogen-bond acceptors (Lipinski definition) is 4. The van der Waals surface area contributed by atoms with Crippen molar-refractivity contribution < 1.29 is 18.7 Å². The summed E-state index contributed by atoms with van der Waals surface area (Å²) in [5, 5.41) is 0.885. The molecule has 23 heavy (non-hydrogen) atoms. The standard InChI is InChI=1S/C18H21NO4/c1-12-6-5-9-19(10-12)16(20)11-22-18(21)17-13(2)14-7-3-4-8-15(14)23-17/h3-4,7-8,12H,5-6,9-11H2,1-2H3/t12-/m0/s1. The first-order valence-corrected chi connectivity index (χ1v) is 7.99. The number of benzene rings is 1. The van der Waals surface area contributed by atoms with Crippen LogP contribution in [0.5, 0.6) is 0 Å². The van der Waals surface area contributed by atoms with E-state index >= 15 is 0 Å². The third-order valence-corrected chi connectivity index (χ3v) is 4.37. The number of hydrogen-bond donors (Lipinski definition) is 0. The Morgan fingerprint density at radius 1 is 1.35 bits per heavy atom. The van der Waals surface area contributed by atoms with Gasteiger partial charge in [-0.25, -0.2) is 4.79 Å². The Labute approximate surface area is 135 Å². The molecule has 5 heteroatoms. The van der Waals surface area contributed by atoms with E-state index in [2.05, 4.69) is 6.92 Å². The fraction of sp³-hybridized carbons (Fsp3) is 0.444. The van der Waals surface area contributed by atoms with Crippen LogP contribution in [0.1, 0.15) is 35.9 Å². The van der Waals surface area contributed by atoms with Gasteiger partial charge < -0.3 is 14.1 Å². The van der Waals surface area contributed by atoms with Crippen molar-refractivity contribution in [2.45, 2.75) is 26.7 Å². The summed E-state index contributed by atoms with van der Waals surface area (Å²) >= 11 is 0. The molecular formula is C18H21NO4. The van der Waals surface area contributed by atoms with Gasteiger partial charge in [0.1, 0.15) is 5.58 Å². The number of furan rings is 1. The van der Waals surface area contributed by atoms with Crippen LogP contribution in [0.4, 0.5) is 0 Å². The minimum Gasteiger partial charge on any atom is -0.450 e. The maximum absolute atomic E-state index is 12.2. The molecule has 1 atom stereocenters. The number of para-hydroxylation sites is 1. The normalized spacial score (nSPS) is 18.2. The number of carbonyl (C=O) groups excluding carboxylic acids is 2. The fourth-order valence-electron chi connectivity index (χ4n) is 3.07. The summed E-state index contributed by atoms with van der Waals surface area (Å²) in [6, 6.07) is 7.44. The number of fused-ring (bicyclic) bond motifs is 1. The van der Waals surface area contributed by atoms with Crippen molar-refractivity contribution in [3.05, 3.63) is 35.6 Å². The molecule has 1 amide bonds. The zero-order chi connectivity index (χ0) is 16.4. The minimum atomic E-state index is -0.586. The quantitative estimate of drug-likeness (QED) is 0.816. The molecule has 5 nitrogen and oxygen atoms in total. The van der Waals surface area contributed by atoms with Crippen molar-refractivity contribution in [3.63, 3.8) is 0 Å². The molecule has 1 aromatic carbocycles. The number of aryl methyl sites for hydroxylation is 1. The van der Waals surface area contributed by atoms with Crippen LogP contribution in [-0.4, -0.2) is 36.5 Å². The molecule has 0 spiro atoms. The molecule has 2 heterocycles. The van der Waals surface area contributed by atoms with Crippen LogP contribution in [0.2, 0.25) is 0 Å². The Morgan fingerprint density at radius 2 is 2.13 bits per heavy atom. The van der Waals surface area contributed by atoms with Crippen molar-refractivity contribution in [3.8, 4) is 0 Å². The van der Waals surface area contributed by atoms with Crippen LogP contribution in [0.3, 0.4) is 0 Å². The van der Waals surface area contributed by atoms with Crippen LogP contribution < -0.4 is 0 Å². The molecule has 0 saturated carbocycles. The number of ether oxygens (including phenoxy) is 1. The van der Waals surface area contributed by atoms with E-state index in [1.54, 1.807) is 11.0 Å². The van der Waals surface area contributed by atoms with Gasteiger partial charge >= 0.3 is 5.97 Å². The predicted molar refractivity (Wildman–Crippen MR) is 86.2 cm³/mol. The lowest BCUT2D eigenvalue weighted by Gasteiger charge is -2.30. The van der Waals surface area contributed by atoms with Gasteiger partial charge in [0, 0.05) is 24.0 Å². The van der Waals surface area contributed by atoms with Gasteiger partial charge in [0.05, 0.1) is 0 Å². The molecule has 3 rings (SSSR count). The fourth-order valence-corrected chi connectivity index (χ4v) is 3.07. The average molecular weight is 315 g/mol. The molecule has 0 unspecified atom stereocenters.